The van der Waals surface area contributed by atoms with Crippen LogP contribution in [-0.2, 0) is 16.1 Å². The Morgan fingerprint density at radius 1 is 1.33 bits per heavy atom. The van der Waals surface area contributed by atoms with Gasteiger partial charge in [-0.2, -0.15) is 5.90 Å². The molecule has 0 aliphatic carbocycles. The molecule has 0 radical (unpaired) electrons. The van der Waals surface area contributed by atoms with Crippen LogP contribution >= 0.6 is 0 Å². The minimum Gasteiger partial charge on any atom is -0.373 e. The van der Waals surface area contributed by atoms with Crippen LogP contribution in [0.4, 0.5) is 0 Å². The highest BCUT2D eigenvalue weighted by Crippen LogP contribution is 1.99. The minimum atomic E-state index is -0.420. The van der Waals surface area contributed by atoms with Crippen LogP contribution < -0.4 is 12.0 Å². The van der Waals surface area contributed by atoms with Crippen LogP contribution in [0.25, 0.3) is 0 Å². The summed E-state index contributed by atoms with van der Waals surface area (Å²) in [5, 5.41) is 0. The van der Waals surface area contributed by atoms with E-state index < -0.39 is 5.97 Å². The molecule has 12 heavy (non-hydrogen) atoms. The molecule has 0 aliphatic rings. The van der Waals surface area contributed by atoms with Gasteiger partial charge in [-0.05, 0) is 5.56 Å². The lowest BCUT2D eigenvalue weighted by Crippen LogP contribution is -2.12. The van der Waals surface area contributed by atoms with Crippen molar-refractivity contribution in [2.45, 2.75) is 6.42 Å². The van der Waals surface area contributed by atoms with E-state index in [0.29, 0.717) is 0 Å². The molecule has 0 saturated heterocycles. The van der Waals surface area contributed by atoms with Gasteiger partial charge in [-0.15, -0.1) is 0 Å². The molecule has 0 atom stereocenters. The first kappa shape index (κ1) is 10.6. The normalized spacial score (nSPS) is 8.42. The van der Waals surface area contributed by atoms with E-state index in [1.165, 1.54) is 0 Å². The second-order valence-electron chi connectivity index (χ2n) is 2.15. The van der Waals surface area contributed by atoms with E-state index in [0.717, 1.165) is 5.56 Å². The van der Waals surface area contributed by atoms with Crippen LogP contribution in [0.15, 0.2) is 30.3 Å². The molecular formula is C8H12N2O2. The van der Waals surface area contributed by atoms with E-state index in [-0.39, 0.29) is 12.6 Å². The standard InChI is InChI=1S/C8H9NO2.H3N/c9-11-8(10)6-7-4-2-1-3-5-7;/h1-5H,6,9H2;1H3. The van der Waals surface area contributed by atoms with E-state index in [1.807, 2.05) is 30.3 Å². The van der Waals surface area contributed by atoms with Gasteiger partial charge in [0, 0.05) is 0 Å². The first-order chi connectivity index (χ1) is 5.33. The minimum absolute atomic E-state index is 0. The number of hydrogen-bond acceptors (Lipinski definition) is 4. The fourth-order valence-electron chi connectivity index (χ4n) is 0.804. The molecule has 0 unspecified atom stereocenters. The third-order valence-corrected chi connectivity index (χ3v) is 1.32. The lowest BCUT2D eigenvalue weighted by molar-refractivity contribution is -0.143. The zero-order valence-electron chi connectivity index (χ0n) is 6.69. The average Bonchev–Trinajstić information content (AvgIpc) is 2.06. The third kappa shape index (κ3) is 3.14. The van der Waals surface area contributed by atoms with Crippen molar-refractivity contribution in [3.8, 4) is 0 Å². The van der Waals surface area contributed by atoms with E-state index in [2.05, 4.69) is 10.7 Å². The van der Waals surface area contributed by atoms with Gasteiger partial charge in [0.25, 0.3) is 0 Å². The average molecular weight is 168 g/mol. The Bertz CT molecular complexity index is 236. The Labute approximate surface area is 70.9 Å². The van der Waals surface area contributed by atoms with Gasteiger partial charge in [0.1, 0.15) is 0 Å². The molecule has 0 bridgehead atoms. The summed E-state index contributed by atoms with van der Waals surface area (Å²) in [6.07, 6.45) is 0.233. The summed E-state index contributed by atoms with van der Waals surface area (Å²) in [5.41, 5.74) is 0.906. The van der Waals surface area contributed by atoms with Crippen molar-refractivity contribution in [1.29, 1.82) is 0 Å². The number of hydrogen-bond donors (Lipinski definition) is 2. The maximum atomic E-state index is 10.6. The van der Waals surface area contributed by atoms with Crippen molar-refractivity contribution >= 4 is 5.97 Å². The number of carbonyl (C=O) groups excluding carboxylic acids is 1. The zero-order valence-corrected chi connectivity index (χ0v) is 6.69. The van der Waals surface area contributed by atoms with Crippen LogP contribution in [-0.4, -0.2) is 5.97 Å². The van der Waals surface area contributed by atoms with Crippen molar-refractivity contribution in [3.05, 3.63) is 35.9 Å². The maximum Gasteiger partial charge on any atom is 0.328 e. The van der Waals surface area contributed by atoms with Crippen LogP contribution in [0.3, 0.4) is 0 Å². The summed E-state index contributed by atoms with van der Waals surface area (Å²) in [6, 6.07) is 9.30. The second-order valence-corrected chi connectivity index (χ2v) is 2.15. The molecule has 0 fully saturated rings. The molecule has 0 heterocycles. The van der Waals surface area contributed by atoms with E-state index in [9.17, 15) is 4.79 Å². The van der Waals surface area contributed by atoms with Gasteiger partial charge < -0.3 is 11.0 Å². The van der Waals surface area contributed by atoms with Crippen LogP contribution in [0.1, 0.15) is 5.56 Å². The largest absolute Gasteiger partial charge is 0.373 e. The highest BCUT2D eigenvalue weighted by Gasteiger charge is 2.00. The van der Waals surface area contributed by atoms with E-state index >= 15 is 0 Å². The Hall–Kier alpha value is -1.39. The predicted molar refractivity (Wildman–Crippen MR) is 45.4 cm³/mol. The van der Waals surface area contributed by atoms with Crippen molar-refractivity contribution < 1.29 is 9.63 Å². The zero-order chi connectivity index (χ0) is 8.10. The molecule has 0 spiro atoms. The summed E-state index contributed by atoms with van der Waals surface area (Å²) >= 11 is 0. The quantitative estimate of drug-likeness (QED) is 0.639. The molecule has 0 saturated carbocycles. The lowest BCUT2D eigenvalue weighted by Gasteiger charge is -1.96. The van der Waals surface area contributed by atoms with Crippen LogP contribution in [0.5, 0.6) is 0 Å². The molecule has 0 aromatic heterocycles. The Morgan fingerprint density at radius 3 is 2.42 bits per heavy atom. The fraction of sp³-hybridized carbons (Fsp3) is 0.125. The van der Waals surface area contributed by atoms with Gasteiger partial charge in [-0.1, -0.05) is 30.3 Å². The number of carbonyl (C=O) groups is 1. The molecule has 1 aromatic carbocycles. The van der Waals surface area contributed by atoms with E-state index in [1.54, 1.807) is 0 Å². The van der Waals surface area contributed by atoms with Gasteiger partial charge in [0.15, 0.2) is 0 Å². The van der Waals surface area contributed by atoms with Gasteiger partial charge in [0.05, 0.1) is 6.42 Å². The smallest absolute Gasteiger partial charge is 0.328 e. The molecule has 1 rings (SSSR count). The van der Waals surface area contributed by atoms with Crippen molar-refractivity contribution in [2.75, 3.05) is 0 Å². The summed E-state index contributed by atoms with van der Waals surface area (Å²) in [6.45, 7) is 0. The third-order valence-electron chi connectivity index (χ3n) is 1.32. The molecule has 66 valence electrons. The summed E-state index contributed by atoms with van der Waals surface area (Å²) in [4.78, 5) is 14.6. The lowest BCUT2D eigenvalue weighted by atomic mass is 10.2. The highest BCUT2D eigenvalue weighted by molar-refractivity contribution is 5.72. The molecule has 1 aromatic rings. The molecule has 4 heteroatoms. The highest BCUT2D eigenvalue weighted by atomic mass is 16.7. The Balaban J connectivity index is 0.00000121. The summed E-state index contributed by atoms with van der Waals surface area (Å²) in [7, 11) is 0. The number of benzene rings is 1. The SMILES string of the molecule is N.NOC(=O)Cc1ccccc1. The Morgan fingerprint density at radius 2 is 1.92 bits per heavy atom. The summed E-state index contributed by atoms with van der Waals surface area (Å²) < 4.78 is 0. The summed E-state index contributed by atoms with van der Waals surface area (Å²) in [5.74, 6) is 4.25. The molecule has 0 amide bonds. The topological polar surface area (TPSA) is 87.3 Å². The monoisotopic (exact) mass is 168 g/mol. The molecule has 5 N–H and O–H groups in total. The second kappa shape index (κ2) is 5.29. The molecule has 4 nitrogen and oxygen atoms in total. The number of rotatable bonds is 2. The first-order valence-electron chi connectivity index (χ1n) is 3.26. The maximum absolute atomic E-state index is 10.6. The number of nitrogens with two attached hydrogens (primary N) is 1. The fourth-order valence-corrected chi connectivity index (χ4v) is 0.804. The first-order valence-corrected chi connectivity index (χ1v) is 3.26. The van der Waals surface area contributed by atoms with Crippen molar-refractivity contribution in [3.63, 3.8) is 0 Å². The van der Waals surface area contributed by atoms with Crippen LogP contribution in [0, 0.1) is 0 Å². The van der Waals surface area contributed by atoms with Crippen molar-refractivity contribution in [1.82, 2.24) is 6.15 Å². The van der Waals surface area contributed by atoms with Crippen LogP contribution in [0.2, 0.25) is 0 Å². The van der Waals surface area contributed by atoms with Gasteiger partial charge >= 0.3 is 5.97 Å². The molecule has 0 aliphatic heterocycles. The van der Waals surface area contributed by atoms with E-state index in [4.69, 9.17) is 0 Å². The molecular weight excluding hydrogens is 156 g/mol. The predicted octanol–water partition coefficient (Wildman–Crippen LogP) is 0.808. The van der Waals surface area contributed by atoms with Gasteiger partial charge in [-0.3, -0.25) is 4.79 Å². The Kier molecular flexibility index (Phi) is 4.67. The van der Waals surface area contributed by atoms with Crippen molar-refractivity contribution in [2.24, 2.45) is 5.90 Å². The van der Waals surface area contributed by atoms with Gasteiger partial charge in [0.2, 0.25) is 0 Å². The van der Waals surface area contributed by atoms with Gasteiger partial charge in [-0.25, -0.2) is 0 Å².